The number of nitro groups is 1. The maximum Gasteiger partial charge on any atom is 0.353 e. The highest BCUT2D eigenvalue weighted by molar-refractivity contribution is 7.89. The molecule has 1 heterocycles. The van der Waals surface area contributed by atoms with Gasteiger partial charge >= 0.3 is 11.7 Å². The number of nitrogens with zero attached hydrogens (tertiary/aromatic N) is 4. The number of nitrogens with one attached hydrogen (secondary N) is 2. The van der Waals surface area contributed by atoms with Crippen molar-refractivity contribution in [1.29, 1.82) is 0 Å². The minimum Gasteiger partial charge on any atom is -0.462 e. The number of carbonyl (C=O) groups excluding carboxylic acids is 1. The molecule has 12 nitrogen and oxygen atoms in total. The Morgan fingerprint density at radius 2 is 1.47 bits per heavy atom. The van der Waals surface area contributed by atoms with Gasteiger partial charge in [0.25, 0.3) is 0 Å². The highest BCUT2D eigenvalue weighted by Gasteiger charge is 2.25. The van der Waals surface area contributed by atoms with Gasteiger partial charge in [-0.3, -0.25) is 10.1 Å². The quantitative estimate of drug-likeness (QED) is 0.186. The van der Waals surface area contributed by atoms with Crippen LogP contribution < -0.4 is 10.6 Å². The fourth-order valence-corrected chi connectivity index (χ4v) is 4.90. The highest BCUT2D eigenvalue weighted by atomic mass is 32.2. The van der Waals surface area contributed by atoms with Crippen LogP contribution in [0.15, 0.2) is 59.8 Å². The zero-order valence-electron chi connectivity index (χ0n) is 21.5. The van der Waals surface area contributed by atoms with Crippen molar-refractivity contribution in [3.8, 4) is 0 Å². The van der Waals surface area contributed by atoms with Crippen LogP contribution in [0.2, 0.25) is 0 Å². The molecule has 202 valence electrons. The second kappa shape index (κ2) is 12.4. The number of aromatic nitrogens is 2. The standard InChI is InChI=1S/C25H30N6O6S/c1-5-30(6-2)38(35,36)21-13-11-20(12-14-21)29-24-22(31(33)34)23(26-16-27-24)28-19-9-7-18(8-10-19)25(32)37-15-17(3)4/h7-14,16-17H,5-6,15H2,1-4H3,(H2,26,27,28,29). The van der Waals surface area contributed by atoms with Gasteiger partial charge in [0.2, 0.25) is 21.7 Å². The number of hydrogen-bond acceptors (Lipinski definition) is 10. The van der Waals surface area contributed by atoms with Crippen LogP contribution in [0.3, 0.4) is 0 Å². The Morgan fingerprint density at radius 1 is 0.974 bits per heavy atom. The van der Waals surface area contributed by atoms with Crippen molar-refractivity contribution in [3.63, 3.8) is 0 Å². The van der Waals surface area contributed by atoms with Crippen LogP contribution in [0.1, 0.15) is 38.1 Å². The summed E-state index contributed by atoms with van der Waals surface area (Å²) in [5.74, 6) is -0.399. The van der Waals surface area contributed by atoms with E-state index in [1.165, 1.54) is 28.6 Å². The van der Waals surface area contributed by atoms with E-state index in [1.807, 2.05) is 13.8 Å². The van der Waals surface area contributed by atoms with Gasteiger partial charge in [-0.05, 0) is 54.4 Å². The van der Waals surface area contributed by atoms with E-state index >= 15 is 0 Å². The van der Waals surface area contributed by atoms with Gasteiger partial charge in [0.15, 0.2) is 0 Å². The molecule has 0 amide bonds. The second-order valence-corrected chi connectivity index (χ2v) is 10.5. The lowest BCUT2D eigenvalue weighted by Gasteiger charge is -2.18. The summed E-state index contributed by atoms with van der Waals surface area (Å²) in [7, 11) is -3.64. The fraction of sp³-hybridized carbons (Fsp3) is 0.320. The largest absolute Gasteiger partial charge is 0.462 e. The van der Waals surface area contributed by atoms with E-state index in [1.54, 1.807) is 38.1 Å². The Kier molecular flexibility index (Phi) is 9.31. The lowest BCUT2D eigenvalue weighted by Crippen LogP contribution is -2.30. The van der Waals surface area contributed by atoms with E-state index in [0.29, 0.717) is 36.6 Å². The topological polar surface area (TPSA) is 157 Å². The molecule has 1 aromatic heterocycles. The molecule has 0 spiro atoms. The summed E-state index contributed by atoms with van der Waals surface area (Å²) in [6.07, 6.45) is 1.16. The summed E-state index contributed by atoms with van der Waals surface area (Å²) in [6, 6.07) is 12.1. The molecular formula is C25H30N6O6S. The first-order valence-corrected chi connectivity index (χ1v) is 13.4. The van der Waals surface area contributed by atoms with Gasteiger partial charge in [0.1, 0.15) is 6.33 Å². The number of hydrogen-bond donors (Lipinski definition) is 2. The minimum atomic E-state index is -3.64. The number of esters is 1. The molecule has 0 aliphatic carbocycles. The number of anilines is 4. The van der Waals surface area contributed by atoms with Crippen molar-refractivity contribution in [2.75, 3.05) is 30.3 Å². The molecule has 0 unspecified atom stereocenters. The molecule has 0 aliphatic rings. The number of rotatable bonds is 12. The van der Waals surface area contributed by atoms with Crippen molar-refractivity contribution in [3.05, 3.63) is 70.5 Å². The molecule has 0 saturated heterocycles. The highest BCUT2D eigenvalue weighted by Crippen LogP contribution is 2.33. The normalized spacial score (nSPS) is 11.4. The van der Waals surface area contributed by atoms with Gasteiger partial charge in [-0.1, -0.05) is 27.7 Å². The lowest BCUT2D eigenvalue weighted by atomic mass is 10.2. The molecule has 0 fully saturated rings. The zero-order valence-corrected chi connectivity index (χ0v) is 22.4. The Balaban J connectivity index is 1.81. The second-order valence-electron chi connectivity index (χ2n) is 8.61. The number of sulfonamides is 1. The Bertz CT molecular complexity index is 1370. The van der Waals surface area contributed by atoms with Gasteiger partial charge in [-0.2, -0.15) is 4.31 Å². The molecule has 2 N–H and O–H groups in total. The molecule has 13 heteroatoms. The maximum absolute atomic E-state index is 12.7. The van der Waals surface area contributed by atoms with E-state index in [4.69, 9.17) is 4.74 Å². The average Bonchev–Trinajstić information content (AvgIpc) is 2.88. The molecule has 0 saturated carbocycles. The Morgan fingerprint density at radius 3 is 1.92 bits per heavy atom. The maximum atomic E-state index is 12.7. The van der Waals surface area contributed by atoms with Gasteiger partial charge < -0.3 is 15.4 Å². The van der Waals surface area contributed by atoms with E-state index in [2.05, 4.69) is 20.6 Å². The molecule has 0 bridgehead atoms. The van der Waals surface area contributed by atoms with Crippen LogP contribution in [0.5, 0.6) is 0 Å². The fourth-order valence-electron chi connectivity index (χ4n) is 3.45. The third-order valence-electron chi connectivity index (χ3n) is 5.40. The van der Waals surface area contributed by atoms with Crippen molar-refractivity contribution < 1.29 is 22.9 Å². The Labute approximate surface area is 221 Å². The zero-order chi connectivity index (χ0) is 27.9. The first-order valence-electron chi connectivity index (χ1n) is 12.0. The van der Waals surface area contributed by atoms with Crippen LogP contribution in [0.25, 0.3) is 0 Å². The van der Waals surface area contributed by atoms with Crippen molar-refractivity contribution in [2.45, 2.75) is 32.6 Å². The average molecular weight is 543 g/mol. The summed E-state index contributed by atoms with van der Waals surface area (Å²) < 4.78 is 32.0. The monoisotopic (exact) mass is 542 g/mol. The van der Waals surface area contributed by atoms with Crippen LogP contribution >= 0.6 is 0 Å². The minimum absolute atomic E-state index is 0.0663. The number of carbonyl (C=O) groups is 1. The Hall–Kier alpha value is -4.10. The van der Waals surface area contributed by atoms with Crippen LogP contribution in [0, 0.1) is 16.0 Å². The summed E-state index contributed by atoms with van der Waals surface area (Å²) in [5, 5.41) is 17.7. The summed E-state index contributed by atoms with van der Waals surface area (Å²) >= 11 is 0. The molecule has 38 heavy (non-hydrogen) atoms. The van der Waals surface area contributed by atoms with Crippen molar-refractivity contribution in [2.24, 2.45) is 5.92 Å². The third kappa shape index (κ3) is 6.81. The first-order chi connectivity index (χ1) is 18.1. The molecule has 3 rings (SSSR count). The smallest absolute Gasteiger partial charge is 0.353 e. The summed E-state index contributed by atoms with van der Waals surface area (Å²) in [4.78, 5) is 31.5. The molecule has 2 aromatic carbocycles. The predicted octanol–water partition coefficient (Wildman–Crippen LogP) is 4.72. The first kappa shape index (κ1) is 28.5. The molecular weight excluding hydrogens is 512 g/mol. The number of ether oxygens (including phenoxy) is 1. The summed E-state index contributed by atoms with van der Waals surface area (Å²) in [6.45, 7) is 8.37. The van der Waals surface area contributed by atoms with Gasteiger partial charge in [0.05, 0.1) is 22.0 Å². The van der Waals surface area contributed by atoms with E-state index < -0.39 is 26.6 Å². The predicted molar refractivity (Wildman–Crippen MR) is 143 cm³/mol. The van der Waals surface area contributed by atoms with Gasteiger partial charge in [0, 0.05) is 24.5 Å². The SMILES string of the molecule is CCN(CC)S(=O)(=O)c1ccc(Nc2ncnc(Nc3ccc(C(=O)OCC(C)C)cc3)c2[N+](=O)[O-])cc1. The van der Waals surface area contributed by atoms with E-state index in [9.17, 15) is 23.3 Å². The third-order valence-corrected chi connectivity index (χ3v) is 7.46. The molecule has 0 radical (unpaired) electrons. The summed E-state index contributed by atoms with van der Waals surface area (Å²) in [5.41, 5.74) is 0.805. The lowest BCUT2D eigenvalue weighted by molar-refractivity contribution is -0.383. The van der Waals surface area contributed by atoms with Crippen molar-refractivity contribution in [1.82, 2.24) is 14.3 Å². The van der Waals surface area contributed by atoms with E-state index in [0.717, 1.165) is 6.33 Å². The molecule has 0 atom stereocenters. The van der Waals surface area contributed by atoms with Gasteiger partial charge in [-0.25, -0.2) is 23.2 Å². The van der Waals surface area contributed by atoms with Crippen LogP contribution in [-0.2, 0) is 14.8 Å². The number of benzene rings is 2. The van der Waals surface area contributed by atoms with Crippen molar-refractivity contribution >= 4 is 44.7 Å². The molecule has 3 aromatic rings. The van der Waals surface area contributed by atoms with Gasteiger partial charge in [-0.15, -0.1) is 0 Å². The van der Waals surface area contributed by atoms with E-state index in [-0.39, 0.29) is 22.4 Å². The van der Waals surface area contributed by atoms with Crippen LogP contribution in [-0.4, -0.2) is 53.3 Å². The molecule has 0 aliphatic heterocycles. The van der Waals surface area contributed by atoms with Crippen LogP contribution in [0.4, 0.5) is 28.7 Å².